The summed E-state index contributed by atoms with van der Waals surface area (Å²) in [7, 11) is 0. The van der Waals surface area contributed by atoms with Crippen molar-refractivity contribution in [2.75, 3.05) is 31.2 Å². The van der Waals surface area contributed by atoms with Gasteiger partial charge in [0.15, 0.2) is 0 Å². The van der Waals surface area contributed by atoms with E-state index in [0.29, 0.717) is 17.9 Å². The number of allylic oxidation sites excluding steroid dienone is 1. The van der Waals surface area contributed by atoms with Crippen LogP contribution in [-0.2, 0) is 14.3 Å². The number of amides is 2. The van der Waals surface area contributed by atoms with E-state index in [1.54, 1.807) is 6.92 Å². The molecule has 0 bridgehead atoms. The normalized spacial score (nSPS) is 21.9. The number of nitrogens with zero attached hydrogens (tertiary/aromatic N) is 1. The largest absolute Gasteiger partial charge is 0.459 e. The average Bonchev–Trinajstić information content (AvgIpc) is 3.21. The number of rotatable bonds is 7. The molecule has 1 fully saturated rings. The molecular weight excluding hydrogens is 358 g/mol. The molecule has 7 nitrogen and oxygen atoms in total. The number of carbonyl (C=O) groups is 2. The van der Waals surface area contributed by atoms with Crippen molar-refractivity contribution in [3.05, 3.63) is 41.1 Å². The summed E-state index contributed by atoms with van der Waals surface area (Å²) in [6.45, 7) is 8.72. The van der Waals surface area contributed by atoms with Crippen LogP contribution in [0.15, 0.2) is 35.5 Å². The van der Waals surface area contributed by atoms with E-state index in [1.807, 2.05) is 24.3 Å². The van der Waals surface area contributed by atoms with Gasteiger partial charge >= 0.3 is 12.0 Å². The lowest BCUT2D eigenvalue weighted by atomic mass is 9.95. The minimum atomic E-state index is -0.545. The molecule has 1 saturated heterocycles. The Hall–Kier alpha value is -2.54. The van der Waals surface area contributed by atoms with Crippen LogP contribution in [0.1, 0.15) is 45.2 Å². The van der Waals surface area contributed by atoms with Gasteiger partial charge in [0.25, 0.3) is 0 Å². The van der Waals surface area contributed by atoms with Crippen LogP contribution >= 0.6 is 0 Å². The smallest absolute Gasteiger partial charge is 0.338 e. The number of anilines is 1. The van der Waals surface area contributed by atoms with Crippen molar-refractivity contribution in [3.63, 3.8) is 0 Å². The molecule has 0 aromatic heterocycles. The number of esters is 1. The van der Waals surface area contributed by atoms with Gasteiger partial charge in [0.05, 0.1) is 17.7 Å². The van der Waals surface area contributed by atoms with Crippen molar-refractivity contribution in [3.8, 4) is 0 Å². The molecule has 2 atom stereocenters. The van der Waals surface area contributed by atoms with Crippen LogP contribution in [0.5, 0.6) is 0 Å². The van der Waals surface area contributed by atoms with Gasteiger partial charge < -0.3 is 25.0 Å². The first-order valence-corrected chi connectivity index (χ1v) is 9.95. The molecule has 152 valence electrons. The Morgan fingerprint density at radius 1 is 1.25 bits per heavy atom. The zero-order chi connectivity index (χ0) is 20.1. The molecule has 2 aliphatic rings. The van der Waals surface area contributed by atoms with E-state index in [9.17, 15) is 9.59 Å². The lowest BCUT2D eigenvalue weighted by Crippen LogP contribution is -2.45. The van der Waals surface area contributed by atoms with E-state index in [4.69, 9.17) is 9.47 Å². The van der Waals surface area contributed by atoms with E-state index >= 15 is 0 Å². The summed E-state index contributed by atoms with van der Waals surface area (Å²) in [6.07, 6.45) is 1.85. The van der Waals surface area contributed by atoms with Crippen LogP contribution in [0.4, 0.5) is 10.5 Å². The Morgan fingerprint density at radius 3 is 2.57 bits per heavy atom. The topological polar surface area (TPSA) is 79.9 Å². The molecular formula is C21H29N3O4. The minimum absolute atomic E-state index is 0.0391. The van der Waals surface area contributed by atoms with Crippen molar-refractivity contribution >= 4 is 17.7 Å². The molecule has 28 heavy (non-hydrogen) atoms. The molecule has 1 aromatic rings. The first-order valence-electron chi connectivity index (χ1n) is 9.95. The predicted molar refractivity (Wildman–Crippen MR) is 107 cm³/mol. The second-order valence-electron chi connectivity index (χ2n) is 7.07. The van der Waals surface area contributed by atoms with E-state index < -0.39 is 12.0 Å². The first-order chi connectivity index (χ1) is 13.5. The lowest BCUT2D eigenvalue weighted by molar-refractivity contribution is -0.142. The fraction of sp³-hybridized carbons (Fsp3) is 0.524. The molecule has 2 aliphatic heterocycles. The highest BCUT2D eigenvalue weighted by Gasteiger charge is 2.32. The molecule has 2 heterocycles. The van der Waals surface area contributed by atoms with Gasteiger partial charge in [0.1, 0.15) is 6.61 Å². The highest BCUT2D eigenvalue weighted by molar-refractivity contribution is 5.95. The Balaban J connectivity index is 1.79. The van der Waals surface area contributed by atoms with Crippen molar-refractivity contribution in [2.45, 2.75) is 45.8 Å². The van der Waals surface area contributed by atoms with Crippen molar-refractivity contribution in [1.82, 2.24) is 10.6 Å². The number of ether oxygens (including phenoxy) is 2. The molecule has 0 saturated carbocycles. The minimum Gasteiger partial charge on any atom is -0.459 e. The monoisotopic (exact) mass is 387 g/mol. The second-order valence-corrected chi connectivity index (χ2v) is 7.07. The van der Waals surface area contributed by atoms with E-state index in [0.717, 1.165) is 37.2 Å². The van der Waals surface area contributed by atoms with Gasteiger partial charge in [0, 0.05) is 31.1 Å². The number of carbonyl (C=O) groups excluding carboxylic acids is 2. The SMILES string of the molecule is CCN(CC)c1ccc([C@@H]2NC(=O)NC(C)=C2C(=O)OC[C@@H]2CCCO2)cc1. The highest BCUT2D eigenvalue weighted by atomic mass is 16.6. The summed E-state index contributed by atoms with van der Waals surface area (Å²) in [5.41, 5.74) is 2.89. The Morgan fingerprint density at radius 2 is 1.96 bits per heavy atom. The quantitative estimate of drug-likeness (QED) is 0.704. The van der Waals surface area contributed by atoms with E-state index in [-0.39, 0.29) is 18.7 Å². The van der Waals surface area contributed by atoms with E-state index in [1.165, 1.54) is 0 Å². The lowest BCUT2D eigenvalue weighted by Gasteiger charge is -2.29. The molecule has 3 rings (SSSR count). The number of hydrogen-bond donors (Lipinski definition) is 2. The number of benzene rings is 1. The molecule has 0 unspecified atom stereocenters. The molecule has 0 radical (unpaired) electrons. The summed E-state index contributed by atoms with van der Waals surface area (Å²) >= 11 is 0. The van der Waals surface area contributed by atoms with Crippen molar-refractivity contribution < 1.29 is 19.1 Å². The van der Waals surface area contributed by atoms with Gasteiger partial charge in [-0.1, -0.05) is 12.1 Å². The second kappa shape index (κ2) is 9.10. The molecule has 2 N–H and O–H groups in total. The van der Waals surface area contributed by atoms with Crippen molar-refractivity contribution in [1.29, 1.82) is 0 Å². The third-order valence-electron chi connectivity index (χ3n) is 5.27. The van der Waals surface area contributed by atoms with E-state index in [2.05, 4.69) is 29.4 Å². The van der Waals surface area contributed by atoms with Gasteiger partial charge in [-0.3, -0.25) is 0 Å². The van der Waals surface area contributed by atoms with Crippen LogP contribution in [-0.4, -0.2) is 44.4 Å². The maximum atomic E-state index is 12.8. The molecule has 2 amide bonds. The van der Waals surface area contributed by atoms with Crippen LogP contribution in [0, 0.1) is 0 Å². The average molecular weight is 387 g/mol. The summed E-state index contributed by atoms with van der Waals surface area (Å²) in [5, 5.41) is 5.52. The summed E-state index contributed by atoms with van der Waals surface area (Å²) in [6, 6.07) is 7.06. The Kier molecular flexibility index (Phi) is 6.57. The molecule has 7 heteroatoms. The van der Waals surface area contributed by atoms with Gasteiger partial charge in [-0.2, -0.15) is 0 Å². The van der Waals surface area contributed by atoms with Gasteiger partial charge in [0.2, 0.25) is 0 Å². The third kappa shape index (κ3) is 4.47. The maximum absolute atomic E-state index is 12.8. The number of nitrogens with one attached hydrogen (secondary N) is 2. The Labute approximate surface area is 166 Å². The summed E-state index contributed by atoms with van der Waals surface area (Å²) < 4.78 is 11.0. The molecule has 0 spiro atoms. The van der Waals surface area contributed by atoms with Crippen LogP contribution in [0.3, 0.4) is 0 Å². The maximum Gasteiger partial charge on any atom is 0.338 e. The first kappa shape index (κ1) is 20.2. The number of urea groups is 1. The standard InChI is InChI=1S/C21H29N3O4/c1-4-24(5-2)16-10-8-15(9-11-16)19-18(14(3)22-21(26)23-19)20(25)28-13-17-7-6-12-27-17/h8-11,17,19H,4-7,12-13H2,1-3H3,(H2,22,23,26)/t17-,19-/m0/s1. The zero-order valence-corrected chi connectivity index (χ0v) is 16.8. The van der Waals surface area contributed by atoms with Gasteiger partial charge in [-0.25, -0.2) is 9.59 Å². The fourth-order valence-electron chi connectivity index (χ4n) is 3.70. The summed E-state index contributed by atoms with van der Waals surface area (Å²) in [4.78, 5) is 27.1. The van der Waals surface area contributed by atoms with Gasteiger partial charge in [-0.15, -0.1) is 0 Å². The number of hydrogen-bond acceptors (Lipinski definition) is 5. The zero-order valence-electron chi connectivity index (χ0n) is 16.8. The van der Waals surface area contributed by atoms with Gasteiger partial charge in [-0.05, 0) is 51.3 Å². The Bertz CT molecular complexity index is 735. The molecule has 1 aromatic carbocycles. The van der Waals surface area contributed by atoms with Crippen molar-refractivity contribution in [2.24, 2.45) is 0 Å². The van der Waals surface area contributed by atoms with Crippen LogP contribution in [0.2, 0.25) is 0 Å². The molecule has 0 aliphatic carbocycles. The summed E-state index contributed by atoms with van der Waals surface area (Å²) in [5.74, 6) is -0.432. The van der Waals surface area contributed by atoms with Crippen LogP contribution < -0.4 is 15.5 Å². The van der Waals surface area contributed by atoms with Crippen LogP contribution in [0.25, 0.3) is 0 Å². The predicted octanol–water partition coefficient (Wildman–Crippen LogP) is 2.88. The fourth-order valence-corrected chi connectivity index (χ4v) is 3.70. The highest BCUT2D eigenvalue weighted by Crippen LogP contribution is 2.29. The third-order valence-corrected chi connectivity index (χ3v) is 5.27.